The molecule has 0 saturated heterocycles. The van der Waals surface area contributed by atoms with Gasteiger partial charge in [-0.25, -0.2) is 8.42 Å². The second-order valence-electron chi connectivity index (χ2n) is 6.45. The van der Waals surface area contributed by atoms with Crippen LogP contribution in [0.4, 0.5) is 5.69 Å². The van der Waals surface area contributed by atoms with Crippen LogP contribution >= 0.6 is 15.9 Å². The number of rotatable bonds is 8. The number of hydrogen-bond acceptors (Lipinski definition) is 5. The summed E-state index contributed by atoms with van der Waals surface area (Å²) in [6.45, 7) is -0.0343. The first-order valence-corrected chi connectivity index (χ1v) is 11.4. The molecule has 0 fully saturated rings. The molecule has 0 amide bonds. The highest BCUT2D eigenvalue weighted by Crippen LogP contribution is 2.32. The fourth-order valence-electron chi connectivity index (χ4n) is 2.98. The highest BCUT2D eigenvalue weighted by atomic mass is 79.9. The molecule has 0 aliphatic rings. The molecule has 2 N–H and O–H groups in total. The maximum Gasteiger partial charge on any atom is 0.319 e. The SMILES string of the molecule is COC(=O)CN[C@H](c1ccccc1)c1cc(Br)ccc1NS(=O)(=O)c1ccccc1. The molecule has 0 aliphatic carbocycles. The Morgan fingerprint density at radius 2 is 1.63 bits per heavy atom. The van der Waals surface area contributed by atoms with Crippen molar-refractivity contribution in [1.29, 1.82) is 0 Å². The van der Waals surface area contributed by atoms with Crippen LogP contribution in [-0.4, -0.2) is 28.0 Å². The average molecular weight is 489 g/mol. The predicted octanol–water partition coefficient (Wildman–Crippen LogP) is 4.10. The Bertz CT molecular complexity index is 1110. The van der Waals surface area contributed by atoms with Gasteiger partial charge in [0.25, 0.3) is 10.0 Å². The van der Waals surface area contributed by atoms with Crippen molar-refractivity contribution >= 4 is 37.6 Å². The maximum atomic E-state index is 12.9. The summed E-state index contributed by atoms with van der Waals surface area (Å²) in [5.74, 6) is -0.419. The van der Waals surface area contributed by atoms with Crippen molar-refractivity contribution < 1.29 is 17.9 Å². The number of esters is 1. The summed E-state index contributed by atoms with van der Waals surface area (Å²) in [6, 6.07) is 22.5. The first kappa shape index (κ1) is 22.0. The van der Waals surface area contributed by atoms with Crippen LogP contribution in [0.2, 0.25) is 0 Å². The smallest absolute Gasteiger partial charge is 0.319 e. The van der Waals surface area contributed by atoms with Gasteiger partial charge in [-0.05, 0) is 41.5 Å². The van der Waals surface area contributed by atoms with Crippen molar-refractivity contribution in [1.82, 2.24) is 5.32 Å². The van der Waals surface area contributed by atoms with Crippen LogP contribution in [0.25, 0.3) is 0 Å². The summed E-state index contributed by atoms with van der Waals surface area (Å²) in [6.07, 6.45) is 0. The van der Waals surface area contributed by atoms with Gasteiger partial charge in [0.1, 0.15) is 0 Å². The highest BCUT2D eigenvalue weighted by Gasteiger charge is 2.22. The van der Waals surface area contributed by atoms with Gasteiger partial charge < -0.3 is 4.74 Å². The monoisotopic (exact) mass is 488 g/mol. The fraction of sp³-hybridized carbons (Fsp3) is 0.136. The Morgan fingerprint density at radius 3 is 2.27 bits per heavy atom. The first-order valence-electron chi connectivity index (χ1n) is 9.13. The average Bonchev–Trinajstić information content (AvgIpc) is 2.76. The molecule has 3 aromatic rings. The topological polar surface area (TPSA) is 84.5 Å². The third-order valence-corrected chi connectivity index (χ3v) is 6.31. The molecule has 0 saturated carbocycles. The summed E-state index contributed by atoms with van der Waals surface area (Å²) < 4.78 is 34.0. The number of halogens is 1. The van der Waals surface area contributed by atoms with Crippen molar-refractivity contribution in [2.45, 2.75) is 10.9 Å². The third kappa shape index (κ3) is 5.47. The quantitative estimate of drug-likeness (QED) is 0.466. The Hall–Kier alpha value is -2.68. The van der Waals surface area contributed by atoms with Crippen molar-refractivity contribution in [2.24, 2.45) is 0 Å². The van der Waals surface area contributed by atoms with E-state index in [0.29, 0.717) is 11.3 Å². The molecule has 156 valence electrons. The summed E-state index contributed by atoms with van der Waals surface area (Å²) >= 11 is 3.46. The zero-order chi connectivity index (χ0) is 21.6. The van der Waals surface area contributed by atoms with Crippen LogP contribution in [0.1, 0.15) is 17.2 Å². The number of anilines is 1. The van der Waals surface area contributed by atoms with E-state index in [0.717, 1.165) is 10.0 Å². The molecule has 0 aromatic heterocycles. The van der Waals surface area contributed by atoms with Gasteiger partial charge in [0, 0.05) is 4.47 Å². The second-order valence-corrected chi connectivity index (χ2v) is 9.05. The van der Waals surface area contributed by atoms with Crippen LogP contribution in [0.5, 0.6) is 0 Å². The van der Waals surface area contributed by atoms with Gasteiger partial charge in [-0.15, -0.1) is 0 Å². The summed E-state index contributed by atoms with van der Waals surface area (Å²) in [4.78, 5) is 11.9. The lowest BCUT2D eigenvalue weighted by Gasteiger charge is -2.23. The Labute approximate surface area is 184 Å². The van der Waals surface area contributed by atoms with E-state index in [9.17, 15) is 13.2 Å². The maximum absolute atomic E-state index is 12.9. The molecule has 0 unspecified atom stereocenters. The molecule has 3 rings (SSSR count). The molecule has 0 bridgehead atoms. The third-order valence-electron chi connectivity index (χ3n) is 4.43. The summed E-state index contributed by atoms with van der Waals surface area (Å²) in [5, 5.41) is 3.17. The van der Waals surface area contributed by atoms with Gasteiger partial charge in [0.2, 0.25) is 0 Å². The van der Waals surface area contributed by atoms with Crippen molar-refractivity contribution in [3.8, 4) is 0 Å². The van der Waals surface area contributed by atoms with Crippen LogP contribution in [0.15, 0.2) is 88.2 Å². The van der Waals surface area contributed by atoms with E-state index >= 15 is 0 Å². The van der Waals surface area contributed by atoms with Gasteiger partial charge in [0.05, 0.1) is 30.3 Å². The Balaban J connectivity index is 2.03. The summed E-state index contributed by atoms with van der Waals surface area (Å²) in [5.41, 5.74) is 1.95. The van der Waals surface area contributed by atoms with Crippen molar-refractivity contribution in [3.63, 3.8) is 0 Å². The lowest BCUT2D eigenvalue weighted by Crippen LogP contribution is -2.30. The molecule has 3 aromatic carbocycles. The van der Waals surface area contributed by atoms with E-state index in [2.05, 4.69) is 26.0 Å². The van der Waals surface area contributed by atoms with E-state index in [-0.39, 0.29) is 11.4 Å². The van der Waals surface area contributed by atoms with Crippen molar-refractivity contribution in [2.75, 3.05) is 18.4 Å². The number of ether oxygens (including phenoxy) is 1. The molecule has 30 heavy (non-hydrogen) atoms. The minimum absolute atomic E-state index is 0.0343. The predicted molar refractivity (Wildman–Crippen MR) is 120 cm³/mol. The van der Waals surface area contributed by atoms with Gasteiger partial charge in [-0.3, -0.25) is 14.8 Å². The number of sulfonamides is 1. The Morgan fingerprint density at radius 1 is 1.00 bits per heavy atom. The van der Waals surface area contributed by atoms with E-state index in [4.69, 9.17) is 4.74 Å². The number of hydrogen-bond donors (Lipinski definition) is 2. The zero-order valence-corrected chi connectivity index (χ0v) is 18.6. The minimum Gasteiger partial charge on any atom is -0.468 e. The van der Waals surface area contributed by atoms with Crippen molar-refractivity contribution in [3.05, 3.63) is 94.5 Å². The standard InChI is InChI=1S/C22H21BrN2O4S/c1-29-21(26)15-24-22(16-8-4-2-5-9-16)19-14-17(23)12-13-20(19)25-30(27,28)18-10-6-3-7-11-18/h2-14,22,24-25H,15H2,1H3/t22-/m1/s1. The number of nitrogens with one attached hydrogen (secondary N) is 2. The number of methoxy groups -OCH3 is 1. The molecule has 1 atom stereocenters. The van der Waals surface area contributed by atoms with Crippen LogP contribution in [-0.2, 0) is 19.6 Å². The van der Waals surface area contributed by atoms with Crippen LogP contribution in [0, 0.1) is 0 Å². The molecule has 0 radical (unpaired) electrons. The van der Waals surface area contributed by atoms with E-state index < -0.39 is 22.0 Å². The lowest BCUT2D eigenvalue weighted by molar-refractivity contribution is -0.139. The van der Waals surface area contributed by atoms with E-state index in [1.54, 1.807) is 30.3 Å². The Kier molecular flexibility index (Phi) is 7.25. The van der Waals surface area contributed by atoms with E-state index in [1.807, 2.05) is 36.4 Å². The fourth-order valence-corrected chi connectivity index (χ4v) is 4.47. The van der Waals surface area contributed by atoms with Gasteiger partial charge in [-0.1, -0.05) is 64.5 Å². The lowest BCUT2D eigenvalue weighted by atomic mass is 9.97. The second kappa shape index (κ2) is 9.88. The number of carbonyl (C=O) groups excluding carboxylic acids is 1. The minimum atomic E-state index is -3.79. The molecule has 0 heterocycles. The first-order chi connectivity index (χ1) is 14.4. The molecule has 8 heteroatoms. The van der Waals surface area contributed by atoms with Crippen LogP contribution < -0.4 is 10.0 Å². The van der Waals surface area contributed by atoms with Crippen LogP contribution in [0.3, 0.4) is 0 Å². The molecule has 0 aliphatic heterocycles. The zero-order valence-electron chi connectivity index (χ0n) is 16.2. The number of carbonyl (C=O) groups is 1. The molecular weight excluding hydrogens is 468 g/mol. The molecule has 6 nitrogen and oxygen atoms in total. The summed E-state index contributed by atoms with van der Waals surface area (Å²) in [7, 11) is -2.47. The normalized spacial score (nSPS) is 12.2. The molecular formula is C22H21BrN2O4S. The van der Waals surface area contributed by atoms with Gasteiger partial charge >= 0.3 is 5.97 Å². The van der Waals surface area contributed by atoms with E-state index in [1.165, 1.54) is 19.2 Å². The highest BCUT2D eigenvalue weighted by molar-refractivity contribution is 9.10. The molecule has 0 spiro atoms. The number of benzene rings is 3. The van der Waals surface area contributed by atoms with Gasteiger partial charge in [0.15, 0.2) is 0 Å². The largest absolute Gasteiger partial charge is 0.468 e. The van der Waals surface area contributed by atoms with Gasteiger partial charge in [-0.2, -0.15) is 0 Å².